The lowest BCUT2D eigenvalue weighted by Crippen LogP contribution is -2.43. The van der Waals surface area contributed by atoms with Crippen molar-refractivity contribution in [2.45, 2.75) is 19.8 Å². The first-order chi connectivity index (χ1) is 11.8. The molecule has 0 aromatic heterocycles. The van der Waals surface area contributed by atoms with Crippen LogP contribution in [0.25, 0.3) is 0 Å². The minimum atomic E-state index is -0.520. The topological polar surface area (TPSA) is 93.0 Å². The van der Waals surface area contributed by atoms with Crippen LogP contribution in [0.3, 0.4) is 0 Å². The number of amides is 1. The van der Waals surface area contributed by atoms with Crippen molar-refractivity contribution in [3.63, 3.8) is 0 Å². The molecular weight excluding hydrogens is 326 g/mol. The van der Waals surface area contributed by atoms with Gasteiger partial charge in [0.2, 0.25) is 0 Å². The molecule has 0 N–H and O–H groups in total. The van der Waals surface area contributed by atoms with Crippen molar-refractivity contribution in [1.29, 1.82) is 0 Å². The lowest BCUT2D eigenvalue weighted by Gasteiger charge is -2.32. The van der Waals surface area contributed by atoms with Crippen LogP contribution in [0.5, 0.6) is 0 Å². The smallest absolute Gasteiger partial charge is 0.310 e. The third-order valence-electron chi connectivity index (χ3n) is 4.23. The molecule has 1 aromatic rings. The van der Waals surface area contributed by atoms with E-state index in [1.54, 1.807) is 36.9 Å². The fourth-order valence-electron chi connectivity index (χ4n) is 2.98. The molecule has 2 rings (SSSR count). The predicted molar refractivity (Wildman–Crippen MR) is 92.7 cm³/mol. The molecule has 1 heterocycles. The Balaban J connectivity index is 2.28. The van der Waals surface area contributed by atoms with Gasteiger partial charge in [0, 0.05) is 45.0 Å². The number of nitro benzene ring substituents is 1. The first-order valence-electron chi connectivity index (χ1n) is 8.26. The predicted octanol–water partition coefficient (Wildman–Crippen LogP) is 2.08. The van der Waals surface area contributed by atoms with E-state index in [2.05, 4.69) is 0 Å². The molecule has 1 aliphatic heterocycles. The van der Waals surface area contributed by atoms with E-state index in [-0.39, 0.29) is 35.6 Å². The summed E-state index contributed by atoms with van der Waals surface area (Å²) in [7, 11) is 3.55. The van der Waals surface area contributed by atoms with Crippen LogP contribution in [-0.4, -0.2) is 55.5 Å². The standard InChI is InChI=1S/C17H23N3O5/c1-4-25-17(22)12-6-5-9-19(11-12)16(21)14-10-13(20(23)24)7-8-15(14)18(2)3/h7-8,10,12H,4-6,9,11H2,1-3H3. The van der Waals surface area contributed by atoms with Gasteiger partial charge in [-0.05, 0) is 25.8 Å². The van der Waals surface area contributed by atoms with E-state index in [0.29, 0.717) is 31.7 Å². The number of benzene rings is 1. The Morgan fingerprint density at radius 3 is 2.72 bits per heavy atom. The quantitative estimate of drug-likeness (QED) is 0.459. The fourth-order valence-corrected chi connectivity index (χ4v) is 2.98. The van der Waals surface area contributed by atoms with Gasteiger partial charge in [-0.2, -0.15) is 0 Å². The van der Waals surface area contributed by atoms with Crippen molar-refractivity contribution in [2.75, 3.05) is 38.7 Å². The van der Waals surface area contributed by atoms with Gasteiger partial charge in [-0.15, -0.1) is 0 Å². The van der Waals surface area contributed by atoms with E-state index in [1.807, 2.05) is 0 Å². The van der Waals surface area contributed by atoms with Gasteiger partial charge in [-0.25, -0.2) is 0 Å². The molecule has 25 heavy (non-hydrogen) atoms. The lowest BCUT2D eigenvalue weighted by atomic mass is 9.97. The molecule has 8 nitrogen and oxygen atoms in total. The SMILES string of the molecule is CCOC(=O)C1CCCN(C(=O)c2cc([N+](=O)[O-])ccc2N(C)C)C1. The highest BCUT2D eigenvalue weighted by Crippen LogP contribution is 2.27. The molecule has 0 saturated carbocycles. The normalized spacial score (nSPS) is 17.1. The largest absolute Gasteiger partial charge is 0.466 e. The zero-order valence-corrected chi connectivity index (χ0v) is 14.7. The molecule has 0 spiro atoms. The maximum absolute atomic E-state index is 13.0. The van der Waals surface area contributed by atoms with Gasteiger partial charge in [0.25, 0.3) is 11.6 Å². The van der Waals surface area contributed by atoms with Crippen LogP contribution in [0.4, 0.5) is 11.4 Å². The maximum Gasteiger partial charge on any atom is 0.310 e. The molecule has 8 heteroatoms. The average molecular weight is 349 g/mol. The van der Waals surface area contributed by atoms with Crippen LogP contribution in [-0.2, 0) is 9.53 Å². The van der Waals surface area contributed by atoms with Gasteiger partial charge in [-0.1, -0.05) is 0 Å². The number of nitro groups is 1. The van der Waals surface area contributed by atoms with Crippen LogP contribution < -0.4 is 4.90 Å². The summed E-state index contributed by atoms with van der Waals surface area (Å²) in [5.74, 6) is -0.951. The van der Waals surface area contributed by atoms with E-state index >= 15 is 0 Å². The van der Waals surface area contributed by atoms with Gasteiger partial charge in [-0.3, -0.25) is 19.7 Å². The molecule has 1 aromatic carbocycles. The summed E-state index contributed by atoms with van der Waals surface area (Å²) < 4.78 is 5.05. The van der Waals surface area contributed by atoms with Crippen molar-refractivity contribution in [1.82, 2.24) is 4.90 Å². The minimum absolute atomic E-state index is 0.132. The van der Waals surface area contributed by atoms with E-state index in [1.165, 1.54) is 12.1 Å². The van der Waals surface area contributed by atoms with Gasteiger partial charge in [0.1, 0.15) is 0 Å². The summed E-state index contributed by atoms with van der Waals surface area (Å²) in [4.78, 5) is 38.8. The van der Waals surface area contributed by atoms with Crippen molar-refractivity contribution < 1.29 is 19.2 Å². The molecular formula is C17H23N3O5. The first kappa shape index (κ1) is 18.7. The number of piperidine rings is 1. The van der Waals surface area contributed by atoms with E-state index < -0.39 is 4.92 Å². The highest BCUT2D eigenvalue weighted by molar-refractivity contribution is 6.00. The Labute approximate surface area is 146 Å². The number of likely N-dealkylation sites (tertiary alicyclic amines) is 1. The summed E-state index contributed by atoms with van der Waals surface area (Å²) in [5, 5.41) is 11.1. The summed E-state index contributed by atoms with van der Waals surface area (Å²) in [6, 6.07) is 4.24. The van der Waals surface area contributed by atoms with Gasteiger partial charge >= 0.3 is 5.97 Å². The Hall–Kier alpha value is -2.64. The Kier molecular flexibility index (Phi) is 5.95. The van der Waals surface area contributed by atoms with Crippen LogP contribution >= 0.6 is 0 Å². The summed E-state index contributed by atoms with van der Waals surface area (Å²) in [6.07, 6.45) is 1.37. The molecule has 1 saturated heterocycles. The minimum Gasteiger partial charge on any atom is -0.466 e. The summed E-state index contributed by atoms with van der Waals surface area (Å²) in [5.41, 5.74) is 0.741. The number of esters is 1. The van der Waals surface area contributed by atoms with E-state index in [0.717, 1.165) is 0 Å². The molecule has 0 radical (unpaired) electrons. The molecule has 1 amide bonds. The highest BCUT2D eigenvalue weighted by Gasteiger charge is 2.31. The summed E-state index contributed by atoms with van der Waals surface area (Å²) in [6.45, 7) is 2.84. The number of carbonyl (C=O) groups is 2. The van der Waals surface area contributed by atoms with Crippen molar-refractivity contribution in [3.05, 3.63) is 33.9 Å². The number of non-ortho nitro benzene ring substituents is 1. The number of hydrogen-bond donors (Lipinski definition) is 0. The zero-order valence-electron chi connectivity index (χ0n) is 14.7. The van der Waals surface area contributed by atoms with Crippen LogP contribution in [0.2, 0.25) is 0 Å². The van der Waals surface area contributed by atoms with Crippen molar-refractivity contribution in [3.8, 4) is 0 Å². The Bertz CT molecular complexity index is 674. The lowest BCUT2D eigenvalue weighted by molar-refractivity contribution is -0.384. The number of hydrogen-bond acceptors (Lipinski definition) is 6. The van der Waals surface area contributed by atoms with Crippen LogP contribution in [0.1, 0.15) is 30.1 Å². The molecule has 1 atom stereocenters. The molecule has 136 valence electrons. The second-order valence-corrected chi connectivity index (χ2v) is 6.20. The third kappa shape index (κ3) is 4.26. The maximum atomic E-state index is 13.0. The van der Waals surface area contributed by atoms with E-state index in [4.69, 9.17) is 4.74 Å². The van der Waals surface area contributed by atoms with Crippen molar-refractivity contribution in [2.24, 2.45) is 5.92 Å². The fraction of sp³-hybridized carbons (Fsp3) is 0.529. The van der Waals surface area contributed by atoms with Gasteiger partial charge in [0.15, 0.2) is 0 Å². The zero-order chi connectivity index (χ0) is 18.6. The van der Waals surface area contributed by atoms with E-state index in [9.17, 15) is 19.7 Å². The van der Waals surface area contributed by atoms with Gasteiger partial charge in [0.05, 0.1) is 23.0 Å². The second-order valence-electron chi connectivity index (χ2n) is 6.20. The van der Waals surface area contributed by atoms with Gasteiger partial charge < -0.3 is 14.5 Å². The molecule has 1 aliphatic rings. The Morgan fingerprint density at radius 1 is 1.40 bits per heavy atom. The number of nitrogens with zero attached hydrogens (tertiary/aromatic N) is 3. The monoisotopic (exact) mass is 349 g/mol. The number of carbonyl (C=O) groups excluding carboxylic acids is 2. The number of rotatable bonds is 5. The molecule has 0 bridgehead atoms. The molecule has 0 aliphatic carbocycles. The van der Waals surface area contributed by atoms with Crippen LogP contribution in [0.15, 0.2) is 18.2 Å². The number of ether oxygens (including phenoxy) is 1. The molecule has 1 unspecified atom stereocenters. The van der Waals surface area contributed by atoms with Crippen molar-refractivity contribution >= 4 is 23.3 Å². The highest BCUT2D eigenvalue weighted by atomic mass is 16.6. The third-order valence-corrected chi connectivity index (χ3v) is 4.23. The molecule has 1 fully saturated rings. The Morgan fingerprint density at radius 2 is 2.12 bits per heavy atom. The average Bonchev–Trinajstić information content (AvgIpc) is 2.60. The number of anilines is 1. The second kappa shape index (κ2) is 7.96. The van der Waals surface area contributed by atoms with Crippen LogP contribution in [0, 0.1) is 16.0 Å². The summed E-state index contributed by atoms with van der Waals surface area (Å²) >= 11 is 0. The first-order valence-corrected chi connectivity index (χ1v) is 8.26.